The van der Waals surface area contributed by atoms with E-state index in [0.29, 0.717) is 13.2 Å². The van der Waals surface area contributed by atoms with Crippen LogP contribution in [0.5, 0.6) is 0 Å². The van der Waals surface area contributed by atoms with Crippen LogP contribution in [-0.2, 0) is 9.47 Å². The van der Waals surface area contributed by atoms with Gasteiger partial charge in [0.25, 0.3) is 0 Å². The fraction of sp³-hybridized carbons (Fsp3) is 1.00. The molecule has 0 aromatic heterocycles. The van der Waals surface area contributed by atoms with Crippen molar-refractivity contribution in [3.8, 4) is 0 Å². The minimum absolute atomic E-state index is 0.212. The molecule has 14 heavy (non-hydrogen) atoms. The molecule has 0 aliphatic carbocycles. The van der Waals surface area contributed by atoms with Crippen molar-refractivity contribution in [1.82, 2.24) is 0 Å². The summed E-state index contributed by atoms with van der Waals surface area (Å²) in [6.07, 6.45) is 0.480. The minimum atomic E-state index is -0.879. The third-order valence-electron chi connectivity index (χ3n) is 1.65. The molecule has 0 saturated heterocycles. The second-order valence-corrected chi connectivity index (χ2v) is 3.29. The highest BCUT2D eigenvalue weighted by molar-refractivity contribution is 4.56. The van der Waals surface area contributed by atoms with E-state index in [-0.39, 0.29) is 13.0 Å². The summed E-state index contributed by atoms with van der Waals surface area (Å²) in [6.45, 7) is 5.39. The fourth-order valence-corrected chi connectivity index (χ4v) is 0.986. The summed E-state index contributed by atoms with van der Waals surface area (Å²) in [7, 11) is 0. The third kappa shape index (κ3) is 8.44. The van der Waals surface area contributed by atoms with E-state index in [1.165, 1.54) is 0 Å². The van der Waals surface area contributed by atoms with E-state index >= 15 is 0 Å². The van der Waals surface area contributed by atoms with Crippen LogP contribution in [0.2, 0.25) is 0 Å². The van der Waals surface area contributed by atoms with Crippen LogP contribution < -0.4 is 0 Å². The van der Waals surface area contributed by atoms with Crippen LogP contribution in [0.3, 0.4) is 0 Å². The smallest absolute Gasteiger partial charge is 0.157 e. The second kappa shape index (κ2) is 9.40. The Balaban J connectivity index is 3.35. The summed E-state index contributed by atoms with van der Waals surface area (Å²) in [4.78, 5) is 0. The van der Waals surface area contributed by atoms with Gasteiger partial charge in [-0.15, -0.1) is 0 Å². The molecule has 0 aromatic carbocycles. The molecular weight excluding hydrogens is 184 g/mol. The van der Waals surface area contributed by atoms with Crippen molar-refractivity contribution in [3.05, 3.63) is 0 Å². The van der Waals surface area contributed by atoms with Gasteiger partial charge in [0.1, 0.15) is 0 Å². The van der Waals surface area contributed by atoms with Crippen molar-refractivity contribution in [1.29, 1.82) is 0 Å². The summed E-state index contributed by atoms with van der Waals surface area (Å²) in [5, 5.41) is 18.7. The van der Waals surface area contributed by atoms with Gasteiger partial charge in [-0.25, -0.2) is 0 Å². The second-order valence-electron chi connectivity index (χ2n) is 3.29. The van der Waals surface area contributed by atoms with Crippen molar-refractivity contribution < 1.29 is 19.7 Å². The number of aliphatic hydroxyl groups excluding tert-OH is 2. The molecule has 2 unspecified atom stereocenters. The molecule has 0 saturated carbocycles. The summed E-state index contributed by atoms with van der Waals surface area (Å²) in [6, 6.07) is 0. The molecule has 4 heteroatoms. The van der Waals surface area contributed by atoms with E-state index in [1.54, 1.807) is 0 Å². The number of hydrogen-bond donors (Lipinski definition) is 2. The standard InChI is InChI=1S/C10H22O4/c1-3-5-13-8-9(11)7-10(12)14-6-4-2/h9-12H,3-8H2,1-2H3. The first-order chi connectivity index (χ1) is 6.70. The molecular formula is C10H22O4. The van der Waals surface area contributed by atoms with Crippen LogP contribution in [0, 0.1) is 0 Å². The van der Waals surface area contributed by atoms with Crippen molar-refractivity contribution in [2.24, 2.45) is 0 Å². The van der Waals surface area contributed by atoms with E-state index in [2.05, 4.69) is 0 Å². The lowest BCUT2D eigenvalue weighted by molar-refractivity contribution is -0.126. The molecule has 0 aliphatic heterocycles. The number of aliphatic hydroxyl groups is 2. The summed E-state index contributed by atoms with van der Waals surface area (Å²) < 4.78 is 10.1. The van der Waals surface area contributed by atoms with Crippen molar-refractivity contribution in [2.45, 2.75) is 45.5 Å². The van der Waals surface area contributed by atoms with Crippen LogP contribution in [0.1, 0.15) is 33.1 Å². The molecule has 4 nitrogen and oxygen atoms in total. The summed E-state index contributed by atoms with van der Waals surface area (Å²) >= 11 is 0. The normalized spacial score (nSPS) is 15.4. The van der Waals surface area contributed by atoms with Gasteiger partial charge >= 0.3 is 0 Å². The lowest BCUT2D eigenvalue weighted by Crippen LogP contribution is -2.24. The van der Waals surface area contributed by atoms with E-state index in [0.717, 1.165) is 12.8 Å². The van der Waals surface area contributed by atoms with Gasteiger partial charge in [0.15, 0.2) is 6.29 Å². The van der Waals surface area contributed by atoms with Crippen molar-refractivity contribution >= 4 is 0 Å². The molecule has 0 aliphatic rings. The Labute approximate surface area is 85.8 Å². The fourth-order valence-electron chi connectivity index (χ4n) is 0.986. The Hall–Kier alpha value is -0.160. The maximum absolute atomic E-state index is 9.38. The maximum Gasteiger partial charge on any atom is 0.157 e. The van der Waals surface area contributed by atoms with Crippen LogP contribution in [0.15, 0.2) is 0 Å². The number of ether oxygens (including phenoxy) is 2. The minimum Gasteiger partial charge on any atom is -0.391 e. The van der Waals surface area contributed by atoms with Gasteiger partial charge in [-0.2, -0.15) is 0 Å². The maximum atomic E-state index is 9.38. The Morgan fingerprint density at radius 3 is 2.29 bits per heavy atom. The molecule has 0 heterocycles. The first-order valence-corrected chi connectivity index (χ1v) is 5.26. The van der Waals surface area contributed by atoms with E-state index in [4.69, 9.17) is 9.47 Å². The van der Waals surface area contributed by atoms with Crippen LogP contribution in [0.4, 0.5) is 0 Å². The first-order valence-electron chi connectivity index (χ1n) is 5.26. The van der Waals surface area contributed by atoms with Crippen LogP contribution in [-0.4, -0.2) is 42.4 Å². The Bertz CT molecular complexity index is 119. The molecule has 0 fully saturated rings. The largest absolute Gasteiger partial charge is 0.391 e. The summed E-state index contributed by atoms with van der Waals surface area (Å²) in [5.41, 5.74) is 0. The molecule has 0 amide bonds. The number of hydrogen-bond acceptors (Lipinski definition) is 4. The highest BCUT2D eigenvalue weighted by atomic mass is 16.6. The van der Waals surface area contributed by atoms with Crippen LogP contribution in [0.25, 0.3) is 0 Å². The predicted octanol–water partition coefficient (Wildman–Crippen LogP) is 0.909. The van der Waals surface area contributed by atoms with Crippen LogP contribution >= 0.6 is 0 Å². The highest BCUT2D eigenvalue weighted by Gasteiger charge is 2.11. The molecule has 0 radical (unpaired) electrons. The zero-order valence-electron chi connectivity index (χ0n) is 9.11. The Kier molecular flexibility index (Phi) is 9.29. The quantitative estimate of drug-likeness (QED) is 0.435. The van der Waals surface area contributed by atoms with E-state index < -0.39 is 12.4 Å². The predicted molar refractivity (Wildman–Crippen MR) is 54.0 cm³/mol. The zero-order chi connectivity index (χ0) is 10.8. The lowest BCUT2D eigenvalue weighted by atomic mass is 10.2. The average Bonchev–Trinajstić information content (AvgIpc) is 2.15. The summed E-state index contributed by atoms with van der Waals surface area (Å²) in [5.74, 6) is 0. The number of rotatable bonds is 9. The molecule has 2 N–H and O–H groups in total. The highest BCUT2D eigenvalue weighted by Crippen LogP contribution is 2.01. The van der Waals surface area contributed by atoms with Crippen molar-refractivity contribution in [3.63, 3.8) is 0 Å². The van der Waals surface area contributed by atoms with Gasteiger partial charge in [0.05, 0.1) is 12.7 Å². The van der Waals surface area contributed by atoms with Gasteiger partial charge in [0.2, 0.25) is 0 Å². The Morgan fingerprint density at radius 1 is 1.07 bits per heavy atom. The topological polar surface area (TPSA) is 58.9 Å². The van der Waals surface area contributed by atoms with E-state index in [9.17, 15) is 10.2 Å². The molecule has 0 bridgehead atoms. The lowest BCUT2D eigenvalue weighted by Gasteiger charge is -2.15. The zero-order valence-corrected chi connectivity index (χ0v) is 9.11. The van der Waals surface area contributed by atoms with Gasteiger partial charge in [-0.3, -0.25) is 0 Å². The Morgan fingerprint density at radius 2 is 1.71 bits per heavy atom. The molecule has 2 atom stereocenters. The molecule has 0 rings (SSSR count). The first kappa shape index (κ1) is 13.8. The van der Waals surface area contributed by atoms with E-state index in [1.807, 2.05) is 13.8 Å². The third-order valence-corrected chi connectivity index (χ3v) is 1.65. The average molecular weight is 206 g/mol. The van der Waals surface area contributed by atoms with Gasteiger partial charge in [0, 0.05) is 19.6 Å². The van der Waals surface area contributed by atoms with Gasteiger partial charge in [-0.1, -0.05) is 13.8 Å². The molecule has 86 valence electrons. The molecule has 0 spiro atoms. The molecule has 0 aromatic rings. The monoisotopic (exact) mass is 206 g/mol. The SMILES string of the molecule is CCCOCC(O)CC(O)OCCC. The van der Waals surface area contributed by atoms with Crippen molar-refractivity contribution in [2.75, 3.05) is 19.8 Å². The van der Waals surface area contributed by atoms with Gasteiger partial charge < -0.3 is 19.7 Å². The van der Waals surface area contributed by atoms with Gasteiger partial charge in [-0.05, 0) is 12.8 Å².